The van der Waals surface area contributed by atoms with Gasteiger partial charge in [0, 0.05) is 12.6 Å². The summed E-state index contributed by atoms with van der Waals surface area (Å²) in [5, 5.41) is 6.49. The highest BCUT2D eigenvalue weighted by Gasteiger charge is 2.29. The molecule has 2 rings (SSSR count). The molecule has 2 N–H and O–H groups in total. The first-order valence-corrected chi connectivity index (χ1v) is 7.18. The first-order valence-electron chi connectivity index (χ1n) is 7.18. The van der Waals surface area contributed by atoms with E-state index in [1.54, 1.807) is 0 Å². The average molecular weight is 260 g/mol. The maximum atomic E-state index is 12.2. The molecule has 0 heterocycles. The summed E-state index contributed by atoms with van der Waals surface area (Å²) in [7, 11) is 0. The van der Waals surface area contributed by atoms with Gasteiger partial charge in [0.2, 0.25) is 5.91 Å². The molecule has 1 saturated carbocycles. The quantitative estimate of drug-likeness (QED) is 0.738. The first-order chi connectivity index (χ1) is 9.10. The summed E-state index contributed by atoms with van der Waals surface area (Å²) in [6, 6.07) is 10.7. The number of hydrogen-bond acceptors (Lipinski definition) is 2. The van der Waals surface area contributed by atoms with E-state index in [0.29, 0.717) is 0 Å². The molecular weight excluding hydrogens is 236 g/mol. The molecule has 0 aliphatic heterocycles. The fourth-order valence-corrected chi connectivity index (χ4v) is 2.09. The molecule has 1 amide bonds. The molecule has 3 nitrogen and oxygen atoms in total. The van der Waals surface area contributed by atoms with Crippen LogP contribution in [-0.2, 0) is 10.2 Å². The smallest absolute Gasteiger partial charge is 0.230 e. The van der Waals surface area contributed by atoms with Crippen LogP contribution in [0.5, 0.6) is 0 Å². The minimum Gasteiger partial charge on any atom is -0.355 e. The van der Waals surface area contributed by atoms with Crippen LogP contribution in [0.3, 0.4) is 0 Å². The number of hydrogen-bond donors (Lipinski definition) is 2. The number of amides is 1. The lowest BCUT2D eigenvalue weighted by Crippen LogP contribution is -2.41. The van der Waals surface area contributed by atoms with E-state index in [-0.39, 0.29) is 5.91 Å². The van der Waals surface area contributed by atoms with Crippen molar-refractivity contribution in [3.05, 3.63) is 35.9 Å². The van der Waals surface area contributed by atoms with Crippen LogP contribution in [0.2, 0.25) is 0 Å². The van der Waals surface area contributed by atoms with Crippen LogP contribution < -0.4 is 10.6 Å². The van der Waals surface area contributed by atoms with Crippen LogP contribution in [0.1, 0.15) is 38.7 Å². The topological polar surface area (TPSA) is 41.1 Å². The Hall–Kier alpha value is -1.35. The summed E-state index contributed by atoms with van der Waals surface area (Å²) >= 11 is 0. The van der Waals surface area contributed by atoms with Gasteiger partial charge in [0.15, 0.2) is 0 Å². The van der Waals surface area contributed by atoms with Crippen molar-refractivity contribution in [1.29, 1.82) is 0 Å². The van der Waals surface area contributed by atoms with Gasteiger partial charge in [0.05, 0.1) is 5.41 Å². The van der Waals surface area contributed by atoms with Crippen molar-refractivity contribution in [2.45, 2.75) is 44.6 Å². The third-order valence-electron chi connectivity index (χ3n) is 3.71. The second-order valence-corrected chi connectivity index (χ2v) is 5.83. The van der Waals surface area contributed by atoms with Crippen LogP contribution in [0.25, 0.3) is 0 Å². The largest absolute Gasteiger partial charge is 0.355 e. The van der Waals surface area contributed by atoms with Crippen LogP contribution in [0, 0.1) is 0 Å². The maximum absolute atomic E-state index is 12.2. The summed E-state index contributed by atoms with van der Waals surface area (Å²) in [4.78, 5) is 12.2. The van der Waals surface area contributed by atoms with Crippen LogP contribution in [0.15, 0.2) is 30.3 Å². The van der Waals surface area contributed by atoms with Crippen molar-refractivity contribution in [2.75, 3.05) is 13.1 Å². The van der Waals surface area contributed by atoms with Crippen molar-refractivity contribution >= 4 is 5.91 Å². The van der Waals surface area contributed by atoms with Gasteiger partial charge in [0.1, 0.15) is 0 Å². The highest BCUT2D eigenvalue weighted by Crippen LogP contribution is 2.22. The molecule has 104 valence electrons. The lowest BCUT2D eigenvalue weighted by molar-refractivity contribution is -0.125. The van der Waals surface area contributed by atoms with Crippen molar-refractivity contribution in [1.82, 2.24) is 10.6 Å². The summed E-state index contributed by atoms with van der Waals surface area (Å²) < 4.78 is 0. The van der Waals surface area contributed by atoms with E-state index < -0.39 is 5.41 Å². The van der Waals surface area contributed by atoms with E-state index in [4.69, 9.17) is 0 Å². The zero-order valence-electron chi connectivity index (χ0n) is 11.9. The Bertz CT molecular complexity index is 410. The molecule has 1 aliphatic carbocycles. The summed E-state index contributed by atoms with van der Waals surface area (Å²) in [5.74, 6) is 0.102. The molecule has 19 heavy (non-hydrogen) atoms. The third kappa shape index (κ3) is 4.06. The van der Waals surface area contributed by atoms with E-state index >= 15 is 0 Å². The van der Waals surface area contributed by atoms with Gasteiger partial charge < -0.3 is 10.6 Å². The summed E-state index contributed by atoms with van der Waals surface area (Å²) in [6.45, 7) is 5.69. The van der Waals surface area contributed by atoms with Gasteiger partial charge in [0.25, 0.3) is 0 Å². The minimum absolute atomic E-state index is 0.102. The second kappa shape index (κ2) is 6.20. The average Bonchev–Trinajstić information content (AvgIpc) is 3.23. The fraction of sp³-hybridized carbons (Fsp3) is 0.562. The second-order valence-electron chi connectivity index (χ2n) is 5.83. The fourth-order valence-electron chi connectivity index (χ4n) is 2.09. The van der Waals surface area contributed by atoms with Gasteiger partial charge in [-0.25, -0.2) is 0 Å². The van der Waals surface area contributed by atoms with E-state index in [1.807, 2.05) is 44.2 Å². The lowest BCUT2D eigenvalue weighted by Gasteiger charge is -2.24. The Morgan fingerprint density at radius 1 is 1.21 bits per heavy atom. The van der Waals surface area contributed by atoms with Crippen molar-refractivity contribution in [2.24, 2.45) is 0 Å². The standard InChI is InChI=1S/C16H24N2O/c1-16(2,13-7-4-3-5-8-13)15(19)18-12-6-11-17-14-9-10-14/h3-5,7-8,14,17H,6,9-12H2,1-2H3,(H,18,19). The SMILES string of the molecule is CC(C)(C(=O)NCCCNC1CC1)c1ccccc1. The third-order valence-corrected chi connectivity index (χ3v) is 3.71. The molecular formula is C16H24N2O. The van der Waals surface area contributed by atoms with Gasteiger partial charge in [-0.1, -0.05) is 30.3 Å². The molecule has 0 bridgehead atoms. The molecule has 3 heteroatoms. The predicted molar refractivity (Wildman–Crippen MR) is 78.1 cm³/mol. The van der Waals surface area contributed by atoms with E-state index in [2.05, 4.69) is 10.6 Å². The Labute approximate surface area is 115 Å². The molecule has 0 unspecified atom stereocenters. The van der Waals surface area contributed by atoms with Crippen molar-refractivity contribution < 1.29 is 4.79 Å². The van der Waals surface area contributed by atoms with Gasteiger partial charge in [-0.2, -0.15) is 0 Å². The number of rotatable bonds is 7. The molecule has 0 spiro atoms. The van der Waals surface area contributed by atoms with Crippen LogP contribution >= 0.6 is 0 Å². The minimum atomic E-state index is -0.467. The van der Waals surface area contributed by atoms with E-state index in [1.165, 1.54) is 12.8 Å². The molecule has 0 radical (unpaired) electrons. The highest BCUT2D eigenvalue weighted by atomic mass is 16.2. The Morgan fingerprint density at radius 2 is 1.89 bits per heavy atom. The molecule has 0 atom stereocenters. The molecule has 1 aromatic carbocycles. The Morgan fingerprint density at radius 3 is 2.53 bits per heavy atom. The lowest BCUT2D eigenvalue weighted by atomic mass is 9.84. The number of nitrogens with one attached hydrogen (secondary N) is 2. The normalized spacial score (nSPS) is 15.3. The van der Waals surface area contributed by atoms with Crippen LogP contribution in [-0.4, -0.2) is 25.0 Å². The van der Waals surface area contributed by atoms with Crippen molar-refractivity contribution in [3.63, 3.8) is 0 Å². The Kier molecular flexibility index (Phi) is 4.59. The van der Waals surface area contributed by atoms with Crippen molar-refractivity contribution in [3.8, 4) is 0 Å². The maximum Gasteiger partial charge on any atom is 0.230 e. The molecule has 1 aromatic rings. The zero-order chi connectivity index (χ0) is 13.7. The molecule has 0 aromatic heterocycles. The highest BCUT2D eigenvalue weighted by molar-refractivity contribution is 5.87. The number of carbonyl (C=O) groups excluding carboxylic acids is 1. The number of benzene rings is 1. The number of carbonyl (C=O) groups is 1. The Balaban J connectivity index is 1.74. The molecule has 1 aliphatic rings. The summed E-state index contributed by atoms with van der Waals surface area (Å²) in [6.07, 6.45) is 3.62. The van der Waals surface area contributed by atoms with Gasteiger partial charge >= 0.3 is 0 Å². The molecule has 0 saturated heterocycles. The monoisotopic (exact) mass is 260 g/mol. The zero-order valence-corrected chi connectivity index (χ0v) is 11.9. The van der Waals surface area contributed by atoms with E-state index in [9.17, 15) is 4.79 Å². The predicted octanol–water partition coefficient (Wildman–Crippen LogP) is 2.22. The van der Waals surface area contributed by atoms with Crippen LogP contribution in [0.4, 0.5) is 0 Å². The van der Waals surface area contributed by atoms with Gasteiger partial charge in [-0.3, -0.25) is 4.79 Å². The van der Waals surface area contributed by atoms with Gasteiger partial charge in [-0.05, 0) is 45.2 Å². The van der Waals surface area contributed by atoms with Gasteiger partial charge in [-0.15, -0.1) is 0 Å². The summed E-state index contributed by atoms with van der Waals surface area (Å²) in [5.41, 5.74) is 0.592. The molecule has 1 fully saturated rings. The first kappa shape index (κ1) is 14.1. The van der Waals surface area contributed by atoms with E-state index in [0.717, 1.165) is 31.1 Å².